The van der Waals surface area contributed by atoms with E-state index in [-0.39, 0.29) is 5.91 Å². The minimum Gasteiger partial charge on any atom is -0.497 e. The molecule has 2 aromatic carbocycles. The molecule has 7 nitrogen and oxygen atoms in total. The molecule has 1 N–H and O–H groups in total. The van der Waals surface area contributed by atoms with Gasteiger partial charge in [0, 0.05) is 24.4 Å². The Hall–Kier alpha value is -2.74. The van der Waals surface area contributed by atoms with Crippen LogP contribution in [0.2, 0.25) is 0 Å². The number of benzene rings is 2. The standard InChI is InChI=1S/C17H20N2O5S/c1-19(25(4,21)22)14-7-5-6-13(10-14)18-17(20)12-8-15(23-2)11-16(9-12)24-3/h5-11H,1-4H3,(H,18,20). The molecule has 0 aliphatic carbocycles. The number of methoxy groups -OCH3 is 2. The summed E-state index contributed by atoms with van der Waals surface area (Å²) in [5.41, 5.74) is 1.28. The minimum atomic E-state index is -3.38. The second-order valence-electron chi connectivity index (χ2n) is 5.34. The van der Waals surface area contributed by atoms with Crippen LogP contribution in [0.4, 0.5) is 11.4 Å². The summed E-state index contributed by atoms with van der Waals surface area (Å²) in [5, 5.41) is 2.74. The molecule has 0 aliphatic heterocycles. The van der Waals surface area contributed by atoms with Crippen LogP contribution in [0.3, 0.4) is 0 Å². The Bertz CT molecular complexity index is 858. The number of rotatable bonds is 6. The number of nitrogens with one attached hydrogen (secondary N) is 1. The van der Waals surface area contributed by atoms with Crippen molar-refractivity contribution in [3.8, 4) is 11.5 Å². The normalized spacial score (nSPS) is 10.9. The van der Waals surface area contributed by atoms with Gasteiger partial charge in [0.2, 0.25) is 10.0 Å². The molecule has 0 saturated heterocycles. The van der Waals surface area contributed by atoms with E-state index in [2.05, 4.69) is 5.32 Å². The van der Waals surface area contributed by atoms with Crippen molar-refractivity contribution in [3.05, 3.63) is 48.0 Å². The number of ether oxygens (including phenoxy) is 2. The molecule has 2 aromatic rings. The van der Waals surface area contributed by atoms with Gasteiger partial charge in [0.05, 0.1) is 26.2 Å². The monoisotopic (exact) mass is 364 g/mol. The fraction of sp³-hybridized carbons (Fsp3) is 0.235. The average molecular weight is 364 g/mol. The van der Waals surface area contributed by atoms with E-state index in [1.807, 2.05) is 0 Å². The van der Waals surface area contributed by atoms with Crippen LogP contribution in [0, 0.1) is 0 Å². The number of hydrogen-bond acceptors (Lipinski definition) is 5. The number of anilines is 2. The molecule has 0 atom stereocenters. The molecule has 0 spiro atoms. The van der Waals surface area contributed by atoms with Gasteiger partial charge in [-0.15, -0.1) is 0 Å². The van der Waals surface area contributed by atoms with Crippen molar-refractivity contribution in [2.75, 3.05) is 37.1 Å². The summed E-state index contributed by atoms with van der Waals surface area (Å²) in [6.45, 7) is 0. The van der Waals surface area contributed by atoms with E-state index in [1.165, 1.54) is 21.3 Å². The van der Waals surface area contributed by atoms with Crippen molar-refractivity contribution in [1.29, 1.82) is 0 Å². The molecule has 8 heteroatoms. The van der Waals surface area contributed by atoms with Crippen LogP contribution in [0.15, 0.2) is 42.5 Å². The van der Waals surface area contributed by atoms with Crippen LogP contribution in [0.5, 0.6) is 11.5 Å². The molecule has 0 aromatic heterocycles. The van der Waals surface area contributed by atoms with Crippen molar-refractivity contribution in [1.82, 2.24) is 0 Å². The number of carbonyl (C=O) groups is 1. The first-order chi connectivity index (χ1) is 11.7. The van der Waals surface area contributed by atoms with Crippen molar-refractivity contribution < 1.29 is 22.7 Å². The highest BCUT2D eigenvalue weighted by molar-refractivity contribution is 7.92. The van der Waals surface area contributed by atoms with Gasteiger partial charge in [0.25, 0.3) is 5.91 Å². The van der Waals surface area contributed by atoms with Crippen LogP contribution in [0.25, 0.3) is 0 Å². The molecule has 0 bridgehead atoms. The van der Waals surface area contributed by atoms with Gasteiger partial charge in [-0.1, -0.05) is 6.07 Å². The third-order valence-electron chi connectivity index (χ3n) is 3.58. The van der Waals surface area contributed by atoms with E-state index in [9.17, 15) is 13.2 Å². The Morgan fingerprint density at radius 3 is 2.16 bits per heavy atom. The lowest BCUT2D eigenvalue weighted by Crippen LogP contribution is -2.24. The number of amides is 1. The Kier molecular flexibility index (Phi) is 5.53. The number of nitrogens with zero attached hydrogens (tertiary/aromatic N) is 1. The average Bonchev–Trinajstić information content (AvgIpc) is 2.59. The lowest BCUT2D eigenvalue weighted by atomic mass is 10.1. The lowest BCUT2D eigenvalue weighted by Gasteiger charge is -2.17. The Morgan fingerprint density at radius 2 is 1.64 bits per heavy atom. The molecule has 0 unspecified atom stereocenters. The predicted octanol–water partition coefficient (Wildman–Crippen LogP) is 2.35. The summed E-state index contributed by atoms with van der Waals surface area (Å²) in [7, 11) is 1.07. The molecular weight excluding hydrogens is 344 g/mol. The van der Waals surface area contributed by atoms with E-state index >= 15 is 0 Å². The van der Waals surface area contributed by atoms with Crippen molar-refractivity contribution in [2.45, 2.75) is 0 Å². The van der Waals surface area contributed by atoms with E-state index in [4.69, 9.17) is 9.47 Å². The third kappa shape index (κ3) is 4.63. The van der Waals surface area contributed by atoms with Gasteiger partial charge >= 0.3 is 0 Å². The first kappa shape index (κ1) is 18.6. The number of carbonyl (C=O) groups excluding carboxylic acids is 1. The zero-order valence-corrected chi connectivity index (χ0v) is 15.3. The first-order valence-electron chi connectivity index (χ1n) is 7.33. The first-order valence-corrected chi connectivity index (χ1v) is 9.18. The van der Waals surface area contributed by atoms with E-state index in [0.717, 1.165) is 10.6 Å². The van der Waals surface area contributed by atoms with Gasteiger partial charge in [0.15, 0.2) is 0 Å². The summed E-state index contributed by atoms with van der Waals surface area (Å²) < 4.78 is 34.7. The summed E-state index contributed by atoms with van der Waals surface area (Å²) in [6, 6.07) is 11.4. The van der Waals surface area contributed by atoms with E-state index in [0.29, 0.717) is 28.4 Å². The van der Waals surface area contributed by atoms with Crippen molar-refractivity contribution in [3.63, 3.8) is 0 Å². The Morgan fingerprint density at radius 1 is 1.04 bits per heavy atom. The van der Waals surface area contributed by atoms with Gasteiger partial charge < -0.3 is 14.8 Å². The molecule has 0 fully saturated rings. The molecule has 134 valence electrons. The van der Waals surface area contributed by atoms with Gasteiger partial charge in [-0.3, -0.25) is 9.10 Å². The molecular formula is C17H20N2O5S. The molecule has 0 saturated carbocycles. The highest BCUT2D eigenvalue weighted by Crippen LogP contribution is 2.24. The second-order valence-corrected chi connectivity index (χ2v) is 7.35. The highest BCUT2D eigenvalue weighted by atomic mass is 32.2. The maximum Gasteiger partial charge on any atom is 0.255 e. The van der Waals surface area contributed by atoms with Crippen LogP contribution in [-0.2, 0) is 10.0 Å². The largest absolute Gasteiger partial charge is 0.497 e. The van der Waals surface area contributed by atoms with Crippen LogP contribution >= 0.6 is 0 Å². The second kappa shape index (κ2) is 7.43. The Balaban J connectivity index is 2.27. The highest BCUT2D eigenvalue weighted by Gasteiger charge is 2.14. The van der Waals surface area contributed by atoms with E-state index in [1.54, 1.807) is 42.5 Å². The molecule has 0 aliphatic rings. The lowest BCUT2D eigenvalue weighted by molar-refractivity contribution is 0.102. The SMILES string of the molecule is COc1cc(OC)cc(C(=O)Nc2cccc(N(C)S(C)(=O)=O)c2)c1. The summed E-state index contributed by atoms with van der Waals surface area (Å²) in [4.78, 5) is 12.5. The Labute approximate surface area is 147 Å². The van der Waals surface area contributed by atoms with Crippen LogP contribution in [-0.4, -0.2) is 41.8 Å². The van der Waals surface area contributed by atoms with Crippen LogP contribution < -0.4 is 19.1 Å². The van der Waals surface area contributed by atoms with Gasteiger partial charge in [-0.2, -0.15) is 0 Å². The van der Waals surface area contributed by atoms with Crippen molar-refractivity contribution >= 4 is 27.3 Å². The quantitative estimate of drug-likeness (QED) is 0.850. The fourth-order valence-corrected chi connectivity index (χ4v) is 2.61. The van der Waals surface area contributed by atoms with E-state index < -0.39 is 10.0 Å². The molecule has 0 heterocycles. The number of sulfonamides is 1. The molecule has 1 amide bonds. The van der Waals surface area contributed by atoms with Crippen LogP contribution in [0.1, 0.15) is 10.4 Å². The minimum absolute atomic E-state index is 0.359. The summed E-state index contributed by atoms with van der Waals surface area (Å²) in [6.07, 6.45) is 1.11. The zero-order valence-electron chi connectivity index (χ0n) is 14.4. The maximum atomic E-state index is 12.5. The number of hydrogen-bond donors (Lipinski definition) is 1. The smallest absolute Gasteiger partial charge is 0.255 e. The molecule has 2 rings (SSSR count). The summed E-state index contributed by atoms with van der Waals surface area (Å²) >= 11 is 0. The van der Waals surface area contributed by atoms with Gasteiger partial charge in [-0.05, 0) is 30.3 Å². The van der Waals surface area contributed by atoms with Crippen molar-refractivity contribution in [2.24, 2.45) is 0 Å². The topological polar surface area (TPSA) is 84.9 Å². The predicted molar refractivity (Wildman–Crippen MR) is 97.2 cm³/mol. The third-order valence-corrected chi connectivity index (χ3v) is 4.78. The molecule has 25 heavy (non-hydrogen) atoms. The summed E-state index contributed by atoms with van der Waals surface area (Å²) in [5.74, 6) is 0.626. The zero-order chi connectivity index (χ0) is 18.6. The van der Waals surface area contributed by atoms with Gasteiger partial charge in [0.1, 0.15) is 11.5 Å². The molecule has 0 radical (unpaired) electrons. The fourth-order valence-electron chi connectivity index (χ4n) is 2.11. The maximum absolute atomic E-state index is 12.5. The van der Waals surface area contributed by atoms with Gasteiger partial charge in [-0.25, -0.2) is 8.42 Å².